The van der Waals surface area contributed by atoms with Crippen molar-refractivity contribution in [1.82, 2.24) is 9.88 Å². The number of aromatic nitrogens is 1. The quantitative estimate of drug-likeness (QED) is 0.899. The van der Waals surface area contributed by atoms with E-state index in [0.717, 1.165) is 23.6 Å². The number of hydrogen-bond donors (Lipinski definition) is 1. The average Bonchev–Trinajstić information content (AvgIpc) is 3.01. The monoisotopic (exact) mass is 243 g/mol. The molecule has 1 aromatic carbocycles. The first kappa shape index (κ1) is 11.3. The van der Waals surface area contributed by atoms with Crippen LogP contribution in [0.5, 0.6) is 0 Å². The highest BCUT2D eigenvalue weighted by Crippen LogP contribution is 2.23. The molecule has 1 aromatic heterocycles. The summed E-state index contributed by atoms with van der Waals surface area (Å²) < 4.78 is 5.31. The summed E-state index contributed by atoms with van der Waals surface area (Å²) in [6, 6.07) is 8.82. The summed E-state index contributed by atoms with van der Waals surface area (Å²) in [5.41, 5.74) is 2.20. The zero-order chi connectivity index (χ0) is 12.4. The molecule has 0 saturated carbocycles. The molecule has 2 heterocycles. The van der Waals surface area contributed by atoms with Crippen LogP contribution in [-0.4, -0.2) is 36.1 Å². The SMILES string of the molecule is CN1CCC(Nc2cccc(-c3cnco3)c2)C1. The third kappa shape index (κ3) is 2.38. The predicted molar refractivity (Wildman–Crippen MR) is 71.5 cm³/mol. The van der Waals surface area contributed by atoms with Gasteiger partial charge in [-0.05, 0) is 32.1 Å². The van der Waals surface area contributed by atoms with Crippen molar-refractivity contribution in [3.05, 3.63) is 36.9 Å². The maximum atomic E-state index is 5.31. The van der Waals surface area contributed by atoms with Crippen LogP contribution in [0.15, 0.2) is 41.3 Å². The topological polar surface area (TPSA) is 41.3 Å². The second kappa shape index (κ2) is 4.82. The summed E-state index contributed by atoms with van der Waals surface area (Å²) in [5, 5.41) is 3.57. The van der Waals surface area contributed by atoms with E-state index in [-0.39, 0.29) is 0 Å². The molecule has 94 valence electrons. The molecule has 0 spiro atoms. The standard InChI is InChI=1S/C14H17N3O/c1-17-6-5-13(9-17)16-12-4-2-3-11(7-12)14-8-15-10-18-14/h2-4,7-8,10,13,16H,5-6,9H2,1H3. The van der Waals surface area contributed by atoms with Gasteiger partial charge in [0.25, 0.3) is 0 Å². The van der Waals surface area contributed by atoms with Crippen LogP contribution in [0.3, 0.4) is 0 Å². The van der Waals surface area contributed by atoms with Gasteiger partial charge in [0, 0.05) is 23.8 Å². The van der Waals surface area contributed by atoms with Crippen LogP contribution in [0.4, 0.5) is 5.69 Å². The van der Waals surface area contributed by atoms with E-state index in [1.54, 1.807) is 6.20 Å². The molecule has 1 saturated heterocycles. The van der Waals surface area contributed by atoms with Crippen LogP contribution in [0.1, 0.15) is 6.42 Å². The Morgan fingerprint density at radius 2 is 2.39 bits per heavy atom. The van der Waals surface area contributed by atoms with Crippen LogP contribution in [0, 0.1) is 0 Å². The molecule has 0 radical (unpaired) electrons. The van der Waals surface area contributed by atoms with Crippen LogP contribution in [-0.2, 0) is 0 Å². The van der Waals surface area contributed by atoms with Gasteiger partial charge in [0.1, 0.15) is 0 Å². The van der Waals surface area contributed by atoms with E-state index in [9.17, 15) is 0 Å². The van der Waals surface area contributed by atoms with Gasteiger partial charge < -0.3 is 14.6 Å². The van der Waals surface area contributed by atoms with Crippen LogP contribution >= 0.6 is 0 Å². The van der Waals surface area contributed by atoms with E-state index in [4.69, 9.17) is 4.42 Å². The smallest absolute Gasteiger partial charge is 0.181 e. The Morgan fingerprint density at radius 1 is 1.44 bits per heavy atom. The lowest BCUT2D eigenvalue weighted by Gasteiger charge is -2.14. The molecule has 0 aliphatic carbocycles. The summed E-state index contributed by atoms with van der Waals surface area (Å²) in [6.07, 6.45) is 4.40. The molecule has 4 nitrogen and oxygen atoms in total. The molecule has 1 fully saturated rings. The normalized spacial score (nSPS) is 20.2. The zero-order valence-electron chi connectivity index (χ0n) is 10.5. The predicted octanol–water partition coefficient (Wildman–Crippen LogP) is 2.46. The summed E-state index contributed by atoms with van der Waals surface area (Å²) in [5.74, 6) is 0.808. The molecule has 18 heavy (non-hydrogen) atoms. The van der Waals surface area contributed by atoms with E-state index in [1.807, 2.05) is 12.1 Å². The van der Waals surface area contributed by atoms with Gasteiger partial charge in [-0.25, -0.2) is 4.98 Å². The fourth-order valence-electron chi connectivity index (χ4n) is 2.41. The third-order valence-electron chi connectivity index (χ3n) is 3.34. The number of likely N-dealkylation sites (tertiary alicyclic amines) is 1. The Balaban J connectivity index is 1.75. The lowest BCUT2D eigenvalue weighted by atomic mass is 10.1. The van der Waals surface area contributed by atoms with Gasteiger partial charge >= 0.3 is 0 Å². The Bertz CT molecular complexity index is 510. The minimum Gasteiger partial charge on any atom is -0.444 e. The lowest BCUT2D eigenvalue weighted by Crippen LogP contribution is -2.23. The minimum absolute atomic E-state index is 0.542. The Hall–Kier alpha value is -1.81. The summed E-state index contributed by atoms with van der Waals surface area (Å²) in [6.45, 7) is 2.27. The number of nitrogens with one attached hydrogen (secondary N) is 1. The van der Waals surface area contributed by atoms with E-state index >= 15 is 0 Å². The van der Waals surface area contributed by atoms with Crippen molar-refractivity contribution < 1.29 is 4.42 Å². The molecule has 2 aromatic rings. The third-order valence-corrected chi connectivity index (χ3v) is 3.34. The molecule has 1 atom stereocenters. The van der Waals surface area contributed by atoms with Crippen molar-refractivity contribution in [3.63, 3.8) is 0 Å². The first-order chi connectivity index (χ1) is 8.81. The van der Waals surface area contributed by atoms with E-state index in [2.05, 4.69) is 34.4 Å². The number of benzene rings is 1. The summed E-state index contributed by atoms with van der Waals surface area (Å²) in [4.78, 5) is 6.29. The molecule has 4 heteroatoms. The molecule has 1 N–H and O–H groups in total. The second-order valence-electron chi connectivity index (χ2n) is 4.84. The van der Waals surface area contributed by atoms with Crippen molar-refractivity contribution >= 4 is 5.69 Å². The van der Waals surface area contributed by atoms with Crippen molar-refractivity contribution in [2.75, 3.05) is 25.5 Å². The highest BCUT2D eigenvalue weighted by molar-refractivity contribution is 5.63. The number of rotatable bonds is 3. The van der Waals surface area contributed by atoms with Gasteiger partial charge in [0.2, 0.25) is 0 Å². The Labute approximate surface area is 107 Å². The summed E-state index contributed by atoms with van der Waals surface area (Å²) >= 11 is 0. The van der Waals surface area contributed by atoms with E-state index in [0.29, 0.717) is 6.04 Å². The zero-order valence-corrected chi connectivity index (χ0v) is 10.5. The fourth-order valence-corrected chi connectivity index (χ4v) is 2.41. The minimum atomic E-state index is 0.542. The van der Waals surface area contributed by atoms with Gasteiger partial charge in [-0.15, -0.1) is 0 Å². The van der Waals surface area contributed by atoms with Gasteiger partial charge in [-0.2, -0.15) is 0 Å². The van der Waals surface area contributed by atoms with Gasteiger partial charge in [-0.3, -0.25) is 0 Å². The largest absolute Gasteiger partial charge is 0.444 e. The molecule has 3 rings (SSSR count). The molecular weight excluding hydrogens is 226 g/mol. The number of anilines is 1. The number of oxazole rings is 1. The maximum absolute atomic E-state index is 5.31. The molecule has 0 amide bonds. The number of hydrogen-bond acceptors (Lipinski definition) is 4. The highest BCUT2D eigenvalue weighted by atomic mass is 16.3. The first-order valence-corrected chi connectivity index (χ1v) is 6.25. The average molecular weight is 243 g/mol. The van der Waals surface area contributed by atoms with E-state index < -0.39 is 0 Å². The van der Waals surface area contributed by atoms with Crippen molar-refractivity contribution in [3.8, 4) is 11.3 Å². The molecule has 1 unspecified atom stereocenters. The number of nitrogens with zero attached hydrogens (tertiary/aromatic N) is 2. The molecule has 1 aliphatic heterocycles. The summed E-state index contributed by atoms with van der Waals surface area (Å²) in [7, 11) is 2.16. The van der Waals surface area contributed by atoms with Crippen molar-refractivity contribution in [1.29, 1.82) is 0 Å². The molecule has 0 bridgehead atoms. The second-order valence-corrected chi connectivity index (χ2v) is 4.84. The fraction of sp³-hybridized carbons (Fsp3) is 0.357. The first-order valence-electron chi connectivity index (χ1n) is 6.25. The number of likely N-dealkylation sites (N-methyl/N-ethyl adjacent to an activating group) is 1. The van der Waals surface area contributed by atoms with Crippen molar-refractivity contribution in [2.24, 2.45) is 0 Å². The van der Waals surface area contributed by atoms with Gasteiger partial charge in [0.05, 0.1) is 6.20 Å². The van der Waals surface area contributed by atoms with Gasteiger partial charge in [0.15, 0.2) is 12.2 Å². The van der Waals surface area contributed by atoms with Crippen LogP contribution in [0.2, 0.25) is 0 Å². The highest BCUT2D eigenvalue weighted by Gasteiger charge is 2.18. The van der Waals surface area contributed by atoms with Crippen molar-refractivity contribution in [2.45, 2.75) is 12.5 Å². The molecule has 1 aliphatic rings. The van der Waals surface area contributed by atoms with Crippen LogP contribution in [0.25, 0.3) is 11.3 Å². The maximum Gasteiger partial charge on any atom is 0.181 e. The Kier molecular flexibility index (Phi) is 3.02. The molecular formula is C14H17N3O. The van der Waals surface area contributed by atoms with Gasteiger partial charge in [-0.1, -0.05) is 12.1 Å². The Morgan fingerprint density at radius 3 is 3.11 bits per heavy atom. The van der Waals surface area contributed by atoms with Crippen LogP contribution < -0.4 is 5.32 Å². The van der Waals surface area contributed by atoms with E-state index in [1.165, 1.54) is 19.4 Å². The lowest BCUT2D eigenvalue weighted by molar-refractivity contribution is 0.414.